The van der Waals surface area contributed by atoms with Gasteiger partial charge in [-0.15, -0.1) is 11.8 Å². The second-order valence-electron chi connectivity index (χ2n) is 5.09. The van der Waals surface area contributed by atoms with Crippen LogP contribution >= 0.6 is 11.8 Å². The Balaban J connectivity index is 1.94. The van der Waals surface area contributed by atoms with Gasteiger partial charge in [-0.1, -0.05) is 12.1 Å². The molecule has 1 heterocycles. The monoisotopic (exact) mass is 334 g/mol. The highest BCUT2D eigenvalue weighted by molar-refractivity contribution is 7.98. The molecule has 2 amide bonds. The number of furan rings is 1. The minimum absolute atomic E-state index is 0.142. The van der Waals surface area contributed by atoms with Gasteiger partial charge < -0.3 is 20.2 Å². The maximum Gasteiger partial charge on any atom is 0.313 e. The third-order valence-electron chi connectivity index (χ3n) is 3.21. The molecule has 23 heavy (non-hydrogen) atoms. The van der Waals surface area contributed by atoms with Crippen LogP contribution < -0.4 is 10.6 Å². The first-order valence-electron chi connectivity index (χ1n) is 6.92. The first-order valence-corrected chi connectivity index (χ1v) is 8.15. The standard InChI is InChI=1S/C16H18N2O4S/c1-16(21,13-8-5-9-22-13)10-17-14(19)15(20)18-11-6-3-4-7-12(11)23-2/h3-9,21H,10H2,1-2H3,(H,17,19)(H,18,20). The SMILES string of the molecule is CSc1ccccc1NC(=O)C(=O)NCC(C)(O)c1ccco1. The number of nitrogens with one attached hydrogen (secondary N) is 2. The van der Waals surface area contributed by atoms with Gasteiger partial charge in [0.1, 0.15) is 11.4 Å². The van der Waals surface area contributed by atoms with E-state index in [1.54, 1.807) is 24.3 Å². The van der Waals surface area contributed by atoms with E-state index >= 15 is 0 Å². The predicted molar refractivity (Wildman–Crippen MR) is 88.1 cm³/mol. The number of rotatable bonds is 5. The van der Waals surface area contributed by atoms with Crippen molar-refractivity contribution in [2.45, 2.75) is 17.4 Å². The Morgan fingerprint density at radius 1 is 1.22 bits per heavy atom. The van der Waals surface area contributed by atoms with Crippen molar-refractivity contribution in [2.24, 2.45) is 0 Å². The normalized spacial score (nSPS) is 13.2. The van der Waals surface area contributed by atoms with Crippen LogP contribution in [-0.4, -0.2) is 29.7 Å². The van der Waals surface area contributed by atoms with Gasteiger partial charge >= 0.3 is 11.8 Å². The molecular weight excluding hydrogens is 316 g/mol. The zero-order valence-electron chi connectivity index (χ0n) is 12.8. The van der Waals surface area contributed by atoms with Gasteiger partial charge in [-0.3, -0.25) is 9.59 Å². The second kappa shape index (κ2) is 7.34. The quantitative estimate of drug-likeness (QED) is 0.574. The summed E-state index contributed by atoms with van der Waals surface area (Å²) in [4.78, 5) is 24.7. The molecule has 6 nitrogen and oxygen atoms in total. The number of hydrogen-bond acceptors (Lipinski definition) is 5. The van der Waals surface area contributed by atoms with E-state index in [9.17, 15) is 14.7 Å². The van der Waals surface area contributed by atoms with Crippen molar-refractivity contribution in [2.75, 3.05) is 18.1 Å². The van der Waals surface area contributed by atoms with Gasteiger partial charge in [-0.25, -0.2) is 0 Å². The van der Waals surface area contributed by atoms with Crippen LogP contribution in [0.5, 0.6) is 0 Å². The third kappa shape index (κ3) is 4.37. The summed E-state index contributed by atoms with van der Waals surface area (Å²) in [6, 6.07) is 10.4. The second-order valence-corrected chi connectivity index (χ2v) is 5.94. The summed E-state index contributed by atoms with van der Waals surface area (Å²) in [5.41, 5.74) is -0.825. The van der Waals surface area contributed by atoms with E-state index in [0.29, 0.717) is 11.4 Å². The minimum atomic E-state index is -1.39. The molecule has 0 spiro atoms. The van der Waals surface area contributed by atoms with E-state index < -0.39 is 17.4 Å². The van der Waals surface area contributed by atoms with Gasteiger partial charge in [0.2, 0.25) is 0 Å². The van der Waals surface area contributed by atoms with E-state index in [1.807, 2.05) is 18.4 Å². The van der Waals surface area contributed by atoms with E-state index in [4.69, 9.17) is 4.42 Å². The van der Waals surface area contributed by atoms with Crippen molar-refractivity contribution in [3.8, 4) is 0 Å². The number of thioether (sulfide) groups is 1. The number of amides is 2. The number of anilines is 1. The molecule has 3 N–H and O–H groups in total. The maximum atomic E-state index is 11.9. The molecule has 0 fully saturated rings. The van der Waals surface area contributed by atoms with Gasteiger partial charge in [-0.2, -0.15) is 0 Å². The molecule has 1 atom stereocenters. The lowest BCUT2D eigenvalue weighted by Crippen LogP contribution is -2.43. The zero-order chi connectivity index (χ0) is 16.9. The summed E-state index contributed by atoms with van der Waals surface area (Å²) in [6.07, 6.45) is 3.31. The molecule has 0 radical (unpaired) electrons. The number of hydrogen-bond donors (Lipinski definition) is 3. The predicted octanol–water partition coefficient (Wildman–Crippen LogP) is 1.96. The molecule has 2 rings (SSSR count). The molecule has 0 saturated carbocycles. The van der Waals surface area contributed by atoms with Crippen LogP contribution in [0.3, 0.4) is 0 Å². The van der Waals surface area contributed by atoms with Gasteiger partial charge in [0.25, 0.3) is 0 Å². The molecule has 0 bridgehead atoms. The Hall–Kier alpha value is -2.25. The molecule has 1 aromatic heterocycles. The molecule has 0 saturated heterocycles. The fraction of sp³-hybridized carbons (Fsp3) is 0.250. The number of benzene rings is 1. The third-order valence-corrected chi connectivity index (χ3v) is 4.00. The number of aliphatic hydroxyl groups is 1. The molecule has 0 aliphatic heterocycles. The van der Waals surface area contributed by atoms with Crippen LogP contribution in [0.1, 0.15) is 12.7 Å². The first-order chi connectivity index (χ1) is 10.9. The summed E-state index contributed by atoms with van der Waals surface area (Å²) in [5.74, 6) is -1.31. The van der Waals surface area contributed by atoms with E-state index in [0.717, 1.165) is 4.90 Å². The minimum Gasteiger partial charge on any atom is -0.466 e. The topological polar surface area (TPSA) is 91.6 Å². The van der Waals surface area contributed by atoms with Gasteiger partial charge in [-0.05, 0) is 37.4 Å². The van der Waals surface area contributed by atoms with Crippen LogP contribution in [0.4, 0.5) is 5.69 Å². The lowest BCUT2D eigenvalue weighted by Gasteiger charge is -2.21. The van der Waals surface area contributed by atoms with Crippen LogP contribution in [0.2, 0.25) is 0 Å². The van der Waals surface area contributed by atoms with Crippen molar-refractivity contribution in [1.82, 2.24) is 5.32 Å². The van der Waals surface area contributed by atoms with Crippen LogP contribution in [0, 0.1) is 0 Å². The molecule has 0 aliphatic rings. The molecule has 1 aromatic carbocycles. The Bertz CT molecular complexity index is 683. The average molecular weight is 334 g/mol. The van der Waals surface area contributed by atoms with Crippen LogP contribution in [-0.2, 0) is 15.2 Å². The lowest BCUT2D eigenvalue weighted by molar-refractivity contribution is -0.136. The summed E-state index contributed by atoms with van der Waals surface area (Å²) in [7, 11) is 0. The van der Waals surface area contributed by atoms with Gasteiger partial charge in [0.15, 0.2) is 0 Å². The highest BCUT2D eigenvalue weighted by Crippen LogP contribution is 2.24. The number of para-hydroxylation sites is 1. The maximum absolute atomic E-state index is 11.9. The van der Waals surface area contributed by atoms with Crippen molar-refractivity contribution in [1.29, 1.82) is 0 Å². The highest BCUT2D eigenvalue weighted by Gasteiger charge is 2.28. The highest BCUT2D eigenvalue weighted by atomic mass is 32.2. The molecule has 1 unspecified atom stereocenters. The Morgan fingerprint density at radius 3 is 2.61 bits per heavy atom. The fourth-order valence-corrected chi connectivity index (χ4v) is 2.49. The van der Waals surface area contributed by atoms with E-state index in [1.165, 1.54) is 24.9 Å². The lowest BCUT2D eigenvalue weighted by atomic mass is 10.0. The Labute approximate surface area is 138 Å². The van der Waals surface area contributed by atoms with Crippen molar-refractivity contribution < 1.29 is 19.1 Å². The zero-order valence-corrected chi connectivity index (χ0v) is 13.6. The molecule has 7 heteroatoms. The van der Waals surface area contributed by atoms with E-state index in [-0.39, 0.29) is 6.54 Å². The van der Waals surface area contributed by atoms with Crippen molar-refractivity contribution >= 4 is 29.3 Å². The molecule has 122 valence electrons. The molecular formula is C16H18N2O4S. The smallest absolute Gasteiger partial charge is 0.313 e. The van der Waals surface area contributed by atoms with Gasteiger partial charge in [0.05, 0.1) is 18.5 Å². The Kier molecular flexibility index (Phi) is 5.46. The molecule has 2 aromatic rings. The molecule has 0 aliphatic carbocycles. The number of carbonyl (C=O) groups is 2. The number of carbonyl (C=O) groups excluding carboxylic acids is 2. The summed E-state index contributed by atoms with van der Waals surface area (Å²) in [5, 5.41) is 15.2. The van der Waals surface area contributed by atoms with Gasteiger partial charge in [0, 0.05) is 4.90 Å². The van der Waals surface area contributed by atoms with Crippen LogP contribution in [0.15, 0.2) is 52.0 Å². The summed E-state index contributed by atoms with van der Waals surface area (Å²) < 4.78 is 5.11. The van der Waals surface area contributed by atoms with Crippen molar-refractivity contribution in [3.05, 3.63) is 48.4 Å². The summed E-state index contributed by atoms with van der Waals surface area (Å²) >= 11 is 1.47. The van der Waals surface area contributed by atoms with E-state index in [2.05, 4.69) is 10.6 Å². The summed E-state index contributed by atoms with van der Waals surface area (Å²) in [6.45, 7) is 1.35. The fourth-order valence-electron chi connectivity index (χ4n) is 1.93. The largest absolute Gasteiger partial charge is 0.466 e. The van der Waals surface area contributed by atoms with Crippen molar-refractivity contribution in [3.63, 3.8) is 0 Å². The first kappa shape index (κ1) is 17.1. The Morgan fingerprint density at radius 2 is 1.96 bits per heavy atom. The average Bonchev–Trinajstić information content (AvgIpc) is 3.08. The van der Waals surface area contributed by atoms with Crippen LogP contribution in [0.25, 0.3) is 0 Å².